The van der Waals surface area contributed by atoms with Crippen LogP contribution in [-0.4, -0.2) is 44.6 Å². The molecule has 6 rings (SSSR count). The van der Waals surface area contributed by atoms with E-state index in [0.29, 0.717) is 34.6 Å². The monoisotopic (exact) mass is 523 g/mol. The zero-order chi connectivity index (χ0) is 26.9. The summed E-state index contributed by atoms with van der Waals surface area (Å²) in [6.07, 6.45) is 1.54. The number of fused-ring (bicyclic) bond motifs is 4. The normalized spacial score (nSPS) is 14.3. The number of oxime groups is 1. The molecule has 10 nitrogen and oxygen atoms in total. The van der Waals surface area contributed by atoms with Gasteiger partial charge in [-0.3, -0.25) is 0 Å². The van der Waals surface area contributed by atoms with Crippen molar-refractivity contribution in [2.45, 2.75) is 19.4 Å². The maximum absolute atomic E-state index is 10.1. The third kappa shape index (κ3) is 4.46. The number of aromatic hydroxyl groups is 1. The highest BCUT2D eigenvalue weighted by atomic mass is 16.6. The largest absolute Gasteiger partial charge is 0.508 e. The molecule has 10 heteroatoms. The first kappa shape index (κ1) is 24.2. The molecule has 1 aliphatic heterocycles. The van der Waals surface area contributed by atoms with Gasteiger partial charge in [-0.1, -0.05) is 47.6 Å². The highest BCUT2D eigenvalue weighted by Crippen LogP contribution is 2.49. The van der Waals surface area contributed by atoms with E-state index in [4.69, 9.17) is 24.0 Å². The van der Waals surface area contributed by atoms with Crippen molar-refractivity contribution < 1.29 is 24.2 Å². The topological polar surface area (TPSA) is 113 Å². The van der Waals surface area contributed by atoms with Gasteiger partial charge in [0.05, 0.1) is 25.5 Å². The Kier molecular flexibility index (Phi) is 6.20. The van der Waals surface area contributed by atoms with Crippen LogP contribution in [0, 0.1) is 0 Å². The highest BCUT2D eigenvalue weighted by Gasteiger charge is 2.34. The second kappa shape index (κ2) is 9.97. The van der Waals surface area contributed by atoms with Crippen LogP contribution in [0.3, 0.4) is 0 Å². The minimum Gasteiger partial charge on any atom is -0.508 e. The van der Waals surface area contributed by atoms with Gasteiger partial charge in [0.15, 0.2) is 29.6 Å². The standard InChI is InChI=1S/C29H25N5O5/c1-17(18-7-5-4-6-8-18)33-38-15-25-31-28-27-26(19-9-12-22(36-2)24(13-19)37-3)21-11-10-20(35)14-23(21)39-29(27)30-16-34(28)32-25/h4-14,16,26,35H,15H2,1-3H3/b33-17+. The molecule has 0 spiro atoms. The molecule has 3 aromatic carbocycles. The predicted molar refractivity (Wildman–Crippen MR) is 143 cm³/mol. The number of rotatable bonds is 7. The Hall–Kier alpha value is -5.12. The molecule has 0 amide bonds. The summed E-state index contributed by atoms with van der Waals surface area (Å²) in [4.78, 5) is 14.9. The minimum atomic E-state index is -0.336. The number of benzene rings is 3. The number of phenols is 1. The zero-order valence-corrected chi connectivity index (χ0v) is 21.5. The van der Waals surface area contributed by atoms with Gasteiger partial charge >= 0.3 is 0 Å². The number of phenolic OH excluding ortho intramolecular Hbond substituents is 1. The summed E-state index contributed by atoms with van der Waals surface area (Å²) in [6, 6.07) is 20.6. The summed E-state index contributed by atoms with van der Waals surface area (Å²) >= 11 is 0. The average molecular weight is 524 g/mol. The highest BCUT2D eigenvalue weighted by molar-refractivity contribution is 5.98. The Bertz CT molecular complexity index is 1700. The summed E-state index contributed by atoms with van der Waals surface area (Å²) in [7, 11) is 3.19. The molecule has 1 unspecified atom stereocenters. The molecule has 0 saturated heterocycles. The fourth-order valence-electron chi connectivity index (χ4n) is 4.71. The second-order valence-electron chi connectivity index (χ2n) is 8.95. The summed E-state index contributed by atoms with van der Waals surface area (Å²) in [5, 5.41) is 18.9. The summed E-state index contributed by atoms with van der Waals surface area (Å²) in [5.74, 6) is 2.28. The molecule has 0 saturated carbocycles. The van der Waals surface area contributed by atoms with Crippen LogP contribution in [0.4, 0.5) is 0 Å². The quantitative estimate of drug-likeness (QED) is 0.228. The van der Waals surface area contributed by atoms with Gasteiger partial charge in [0.1, 0.15) is 17.8 Å². The molecule has 0 bridgehead atoms. The number of methoxy groups -OCH3 is 2. The molecule has 1 aliphatic rings. The summed E-state index contributed by atoms with van der Waals surface area (Å²) in [5.41, 5.74) is 4.76. The molecule has 3 heterocycles. The van der Waals surface area contributed by atoms with Gasteiger partial charge in [0.2, 0.25) is 5.88 Å². The minimum absolute atomic E-state index is 0.0764. The van der Waals surface area contributed by atoms with Crippen LogP contribution in [-0.2, 0) is 11.4 Å². The SMILES string of the molecule is COc1ccc(C2c3ccc(O)cc3Oc3ncn4nc(CO/N=C(\C)c5ccccc5)nc4c32)cc1OC. The van der Waals surface area contributed by atoms with Crippen molar-refractivity contribution >= 4 is 11.4 Å². The Morgan fingerprint density at radius 1 is 1.03 bits per heavy atom. The molecule has 0 fully saturated rings. The molecule has 196 valence electrons. The van der Waals surface area contributed by atoms with Crippen molar-refractivity contribution in [2.75, 3.05) is 14.2 Å². The molecule has 5 aromatic rings. The maximum Gasteiger partial charge on any atom is 0.228 e. The van der Waals surface area contributed by atoms with E-state index in [2.05, 4.69) is 15.2 Å². The first-order valence-electron chi connectivity index (χ1n) is 12.2. The maximum atomic E-state index is 10.1. The fourth-order valence-corrected chi connectivity index (χ4v) is 4.71. The third-order valence-electron chi connectivity index (χ3n) is 6.56. The summed E-state index contributed by atoms with van der Waals surface area (Å²) < 4.78 is 18.8. The lowest BCUT2D eigenvalue weighted by Crippen LogP contribution is -2.15. The van der Waals surface area contributed by atoms with Crippen molar-refractivity contribution in [3.05, 3.63) is 101 Å². The van der Waals surface area contributed by atoms with Crippen LogP contribution in [0.5, 0.6) is 28.9 Å². The van der Waals surface area contributed by atoms with E-state index in [1.807, 2.05) is 61.5 Å². The van der Waals surface area contributed by atoms with E-state index >= 15 is 0 Å². The van der Waals surface area contributed by atoms with Crippen LogP contribution < -0.4 is 14.2 Å². The van der Waals surface area contributed by atoms with E-state index in [-0.39, 0.29) is 18.3 Å². The van der Waals surface area contributed by atoms with Crippen LogP contribution in [0.1, 0.15) is 40.9 Å². The average Bonchev–Trinajstić information content (AvgIpc) is 3.39. The number of hydrogen-bond acceptors (Lipinski definition) is 9. The molecule has 0 radical (unpaired) electrons. The van der Waals surface area contributed by atoms with Crippen molar-refractivity contribution in [3.63, 3.8) is 0 Å². The summed E-state index contributed by atoms with van der Waals surface area (Å²) in [6.45, 7) is 1.96. The van der Waals surface area contributed by atoms with Gasteiger partial charge in [-0.25, -0.2) is 14.5 Å². The lowest BCUT2D eigenvalue weighted by atomic mass is 9.83. The van der Waals surface area contributed by atoms with Crippen LogP contribution in [0.25, 0.3) is 5.65 Å². The van der Waals surface area contributed by atoms with Crippen LogP contribution in [0.15, 0.2) is 78.2 Å². The molecule has 1 atom stereocenters. The van der Waals surface area contributed by atoms with Gasteiger partial charge in [-0.15, -0.1) is 5.10 Å². The molecule has 0 aliphatic carbocycles. The molecule has 1 N–H and O–H groups in total. The number of hydrogen-bond donors (Lipinski definition) is 1. The lowest BCUT2D eigenvalue weighted by Gasteiger charge is -2.28. The number of ether oxygens (including phenoxy) is 3. The molecule has 2 aromatic heterocycles. The van der Waals surface area contributed by atoms with E-state index in [9.17, 15) is 5.11 Å². The second-order valence-corrected chi connectivity index (χ2v) is 8.95. The van der Waals surface area contributed by atoms with Crippen molar-refractivity contribution in [3.8, 4) is 28.9 Å². The first-order valence-corrected chi connectivity index (χ1v) is 12.2. The number of aromatic nitrogens is 4. The first-order chi connectivity index (χ1) is 19.1. The van der Waals surface area contributed by atoms with Crippen LogP contribution in [0.2, 0.25) is 0 Å². The zero-order valence-electron chi connectivity index (χ0n) is 21.5. The van der Waals surface area contributed by atoms with Gasteiger partial charge in [0, 0.05) is 17.5 Å². The van der Waals surface area contributed by atoms with E-state index in [0.717, 1.165) is 28.0 Å². The van der Waals surface area contributed by atoms with E-state index in [1.54, 1.807) is 37.2 Å². The molecular weight excluding hydrogens is 498 g/mol. The fraction of sp³-hybridized carbons (Fsp3) is 0.172. The smallest absolute Gasteiger partial charge is 0.228 e. The van der Waals surface area contributed by atoms with E-state index < -0.39 is 0 Å². The van der Waals surface area contributed by atoms with Crippen LogP contribution >= 0.6 is 0 Å². The lowest BCUT2D eigenvalue weighted by molar-refractivity contribution is 0.125. The van der Waals surface area contributed by atoms with Crippen molar-refractivity contribution in [2.24, 2.45) is 5.16 Å². The Morgan fingerprint density at radius 2 is 1.85 bits per heavy atom. The van der Waals surface area contributed by atoms with Gasteiger partial charge < -0.3 is 24.2 Å². The van der Waals surface area contributed by atoms with Gasteiger partial charge in [-0.2, -0.15) is 0 Å². The Balaban J connectivity index is 1.41. The molecule has 39 heavy (non-hydrogen) atoms. The predicted octanol–water partition coefficient (Wildman–Crippen LogP) is 5.07. The van der Waals surface area contributed by atoms with E-state index in [1.165, 1.54) is 0 Å². The Labute approximate surface area is 224 Å². The molecular formula is C29H25N5O5. The number of nitrogens with zero attached hydrogens (tertiary/aromatic N) is 5. The van der Waals surface area contributed by atoms with Crippen molar-refractivity contribution in [1.29, 1.82) is 0 Å². The van der Waals surface area contributed by atoms with Crippen molar-refractivity contribution in [1.82, 2.24) is 19.6 Å². The van der Waals surface area contributed by atoms with Gasteiger partial charge in [-0.05, 0) is 36.2 Å². The third-order valence-corrected chi connectivity index (χ3v) is 6.56. The van der Waals surface area contributed by atoms with Gasteiger partial charge in [0.25, 0.3) is 0 Å². The Morgan fingerprint density at radius 3 is 2.64 bits per heavy atom.